The molecule has 0 amide bonds. The Morgan fingerprint density at radius 1 is 0.541 bits per heavy atom. The van der Waals surface area contributed by atoms with Crippen molar-refractivity contribution in [2.24, 2.45) is 5.92 Å². The van der Waals surface area contributed by atoms with Crippen molar-refractivity contribution in [3.63, 3.8) is 0 Å². The molecule has 0 radical (unpaired) electrons. The second-order valence-electron chi connectivity index (χ2n) is 14.7. The molecule has 0 spiro atoms. The Labute approximate surface area is 231 Å². The molecule has 0 aliphatic heterocycles. The van der Waals surface area contributed by atoms with Gasteiger partial charge in [0, 0.05) is 5.92 Å². The first-order chi connectivity index (χ1) is 16.9. The van der Waals surface area contributed by atoms with Gasteiger partial charge in [0.25, 0.3) is 0 Å². The van der Waals surface area contributed by atoms with Crippen LogP contribution < -0.4 is 0 Å². The van der Waals surface area contributed by atoms with E-state index in [-0.39, 0.29) is 15.8 Å². The van der Waals surface area contributed by atoms with Crippen LogP contribution in [0.5, 0.6) is 0 Å². The highest BCUT2D eigenvalue weighted by Crippen LogP contribution is 2.65. The second kappa shape index (κ2) is 11.1. The molecule has 0 N–H and O–H groups in total. The summed E-state index contributed by atoms with van der Waals surface area (Å²) in [5.41, 5.74) is 7.39. The fraction of sp³-hybridized carbons (Fsp3) is 0.543. The highest BCUT2D eigenvalue weighted by atomic mass is 31.1. The van der Waals surface area contributed by atoms with Crippen LogP contribution in [0, 0.1) is 5.92 Å². The number of hydrogen-bond acceptors (Lipinski definition) is 0. The first kappa shape index (κ1) is 30.3. The van der Waals surface area contributed by atoms with Gasteiger partial charge in [0.2, 0.25) is 0 Å². The zero-order valence-electron chi connectivity index (χ0n) is 25.7. The fourth-order valence-electron chi connectivity index (χ4n) is 6.31. The van der Waals surface area contributed by atoms with Gasteiger partial charge < -0.3 is 0 Å². The maximum Gasteiger partial charge on any atom is 0.00388 e. The molecule has 2 aromatic rings. The summed E-state index contributed by atoms with van der Waals surface area (Å²) in [4.78, 5) is 0. The van der Waals surface area contributed by atoms with Gasteiger partial charge in [-0.15, -0.1) is 0 Å². The Morgan fingerprint density at radius 3 is 1.35 bits per heavy atom. The molecular weight excluding hydrogens is 482 g/mol. The second-order valence-corrected chi connectivity index (χ2v) is 22.5. The van der Waals surface area contributed by atoms with Gasteiger partial charge in [0.15, 0.2) is 0 Å². The van der Waals surface area contributed by atoms with Crippen molar-refractivity contribution >= 4 is 27.0 Å². The molecule has 0 saturated heterocycles. The Kier molecular flexibility index (Phi) is 9.10. The maximum atomic E-state index is 2.67. The predicted octanol–water partition coefficient (Wildman–Crippen LogP) is 11.3. The third-order valence-corrected chi connectivity index (χ3v) is 15.4. The smallest absolute Gasteiger partial charge is 0.00388 e. The van der Waals surface area contributed by atoms with Crippen molar-refractivity contribution in [2.75, 3.05) is 12.3 Å². The van der Waals surface area contributed by atoms with E-state index >= 15 is 0 Å². The van der Waals surface area contributed by atoms with Crippen LogP contribution in [0.4, 0.5) is 0 Å². The summed E-state index contributed by atoms with van der Waals surface area (Å²) in [7, 11) is -0.460. The predicted molar refractivity (Wildman–Crippen MR) is 174 cm³/mol. The molecule has 2 heteroatoms. The van der Waals surface area contributed by atoms with Gasteiger partial charge in [-0.1, -0.05) is 171 Å². The summed E-state index contributed by atoms with van der Waals surface area (Å²) in [5, 5.41) is 1.21. The van der Waals surface area contributed by atoms with Gasteiger partial charge in [-0.3, -0.25) is 0 Å². The topological polar surface area (TPSA) is 0 Å². The molecule has 0 heterocycles. The Morgan fingerprint density at radius 2 is 0.946 bits per heavy atom. The minimum atomic E-state index is -0.251. The molecule has 202 valence electrons. The lowest BCUT2D eigenvalue weighted by atomic mass is 9.93. The monoisotopic (exact) mass is 534 g/mol. The van der Waals surface area contributed by atoms with Gasteiger partial charge in [-0.2, -0.15) is 0 Å². The molecule has 1 atom stereocenters. The summed E-state index contributed by atoms with van der Waals surface area (Å²) in [6.07, 6.45) is 5.14. The van der Waals surface area contributed by atoms with Crippen LogP contribution in [0.25, 0.3) is 11.1 Å². The van der Waals surface area contributed by atoms with E-state index in [9.17, 15) is 0 Å². The van der Waals surface area contributed by atoms with Crippen LogP contribution in [-0.2, 0) is 0 Å². The normalized spacial score (nSPS) is 17.7. The molecule has 2 aromatic carbocycles. The Hall–Kier alpha value is -1.22. The van der Waals surface area contributed by atoms with Gasteiger partial charge in [0.1, 0.15) is 0 Å². The minimum absolute atomic E-state index is 0.209. The van der Waals surface area contributed by atoms with Crippen LogP contribution in [0.15, 0.2) is 72.3 Å². The summed E-state index contributed by atoms with van der Waals surface area (Å²) >= 11 is 0. The van der Waals surface area contributed by atoms with Gasteiger partial charge in [0.05, 0.1) is 0 Å². The zero-order valence-corrected chi connectivity index (χ0v) is 27.5. The molecule has 0 fully saturated rings. The average molecular weight is 535 g/mol. The molecule has 0 saturated carbocycles. The van der Waals surface area contributed by atoms with Crippen molar-refractivity contribution in [1.82, 2.24) is 0 Å². The van der Waals surface area contributed by atoms with E-state index in [1.807, 2.05) is 0 Å². The van der Waals surface area contributed by atoms with Crippen molar-refractivity contribution in [3.8, 4) is 0 Å². The molecule has 0 nitrogen and oxygen atoms in total. The van der Waals surface area contributed by atoms with E-state index < -0.39 is 0 Å². The molecular formula is C35H52P2. The summed E-state index contributed by atoms with van der Waals surface area (Å²) in [6, 6.07) is 22.4. The van der Waals surface area contributed by atoms with E-state index in [0.29, 0.717) is 26.5 Å². The zero-order chi connectivity index (χ0) is 27.8. The van der Waals surface area contributed by atoms with E-state index in [1.54, 1.807) is 5.57 Å². The Bertz CT molecular complexity index is 1070. The van der Waals surface area contributed by atoms with Crippen LogP contribution >= 0.6 is 15.8 Å². The SMILES string of the molecule is CC(C)(C)P(CC1=C(c2ccccc2)C(c2ccccc2)=CC1CP(C(C)(C)C)C(C)(C)C)C(C)(C)C. The van der Waals surface area contributed by atoms with E-state index in [2.05, 4.69) is 150 Å². The quantitative estimate of drug-likeness (QED) is 0.323. The first-order valence-electron chi connectivity index (χ1n) is 14.0. The van der Waals surface area contributed by atoms with Gasteiger partial charge in [-0.05, 0) is 55.2 Å². The number of allylic oxidation sites excluding steroid dienone is 4. The third kappa shape index (κ3) is 7.46. The standard InChI is InChI=1S/C35H52P2/c1-32(2,3)36(33(4,5)6)24-28-23-29(26-19-15-13-16-20-26)31(27-21-17-14-18-22-27)30(28)25-37(34(7,8)9)35(10,11)12/h13-23,28H,24-25H2,1-12H3. The molecule has 37 heavy (non-hydrogen) atoms. The lowest BCUT2D eigenvalue weighted by Crippen LogP contribution is -2.30. The van der Waals surface area contributed by atoms with Crippen LogP contribution in [0.1, 0.15) is 94.2 Å². The molecule has 1 aliphatic rings. The molecule has 0 aromatic heterocycles. The highest BCUT2D eigenvalue weighted by Gasteiger charge is 2.41. The lowest BCUT2D eigenvalue weighted by molar-refractivity contribution is 0.688. The molecule has 0 bridgehead atoms. The number of benzene rings is 2. The molecule has 3 rings (SSSR count). The fourth-order valence-corrected chi connectivity index (χ4v) is 13.8. The summed E-state index contributed by atoms with van der Waals surface area (Å²) in [5.74, 6) is 0.490. The minimum Gasteiger partial charge on any atom is -0.0947 e. The Balaban J connectivity index is 2.28. The van der Waals surface area contributed by atoms with Gasteiger partial charge >= 0.3 is 0 Å². The largest absolute Gasteiger partial charge is 0.0947 e. The van der Waals surface area contributed by atoms with E-state index in [0.717, 1.165) is 0 Å². The molecule has 1 aliphatic carbocycles. The number of rotatable bonds is 6. The molecule has 1 unspecified atom stereocenters. The first-order valence-corrected chi connectivity index (χ1v) is 17.1. The van der Waals surface area contributed by atoms with Gasteiger partial charge in [-0.25, -0.2) is 0 Å². The van der Waals surface area contributed by atoms with Crippen molar-refractivity contribution in [3.05, 3.63) is 83.4 Å². The highest BCUT2D eigenvalue weighted by molar-refractivity contribution is 7.61. The van der Waals surface area contributed by atoms with Crippen LogP contribution in [-0.4, -0.2) is 32.9 Å². The lowest BCUT2D eigenvalue weighted by Gasteiger charge is -2.45. The van der Waals surface area contributed by atoms with Crippen molar-refractivity contribution in [1.29, 1.82) is 0 Å². The van der Waals surface area contributed by atoms with Crippen LogP contribution in [0.3, 0.4) is 0 Å². The van der Waals surface area contributed by atoms with Crippen molar-refractivity contribution < 1.29 is 0 Å². The van der Waals surface area contributed by atoms with E-state index in [1.165, 1.54) is 34.6 Å². The van der Waals surface area contributed by atoms with Crippen molar-refractivity contribution in [2.45, 2.75) is 104 Å². The summed E-state index contributed by atoms with van der Waals surface area (Å²) in [6.45, 7) is 29.7. The third-order valence-electron chi connectivity index (χ3n) is 7.50. The summed E-state index contributed by atoms with van der Waals surface area (Å²) < 4.78 is 0. The van der Waals surface area contributed by atoms with Crippen LogP contribution in [0.2, 0.25) is 0 Å². The average Bonchev–Trinajstić information content (AvgIpc) is 3.12. The van der Waals surface area contributed by atoms with E-state index in [4.69, 9.17) is 0 Å². The number of hydrogen-bond donors (Lipinski definition) is 0. The maximum absolute atomic E-state index is 2.67.